The van der Waals surface area contributed by atoms with Gasteiger partial charge in [0, 0.05) is 25.8 Å². The Labute approximate surface area is 114 Å². The van der Waals surface area contributed by atoms with Gasteiger partial charge in [0.05, 0.1) is 17.9 Å². The second-order valence-electron chi connectivity index (χ2n) is 5.22. The summed E-state index contributed by atoms with van der Waals surface area (Å²) in [5.41, 5.74) is 1.10. The molecule has 1 aromatic carbocycles. The maximum atomic E-state index is 14.0. The van der Waals surface area contributed by atoms with E-state index >= 15 is 0 Å². The molecule has 0 spiro atoms. The van der Waals surface area contributed by atoms with Gasteiger partial charge in [-0.25, -0.2) is 4.39 Å². The van der Waals surface area contributed by atoms with Crippen LogP contribution in [-0.2, 0) is 4.74 Å². The fourth-order valence-corrected chi connectivity index (χ4v) is 2.62. The molecule has 2 rings (SSSR count). The molecule has 1 N–H and O–H groups in total. The Bertz CT molecular complexity index is 417. The molecule has 2 atom stereocenters. The molecule has 0 aliphatic carbocycles. The molecule has 1 heterocycles. The molecule has 0 bridgehead atoms. The smallest absolute Gasteiger partial charge is 0.146 e. The average molecular weight is 267 g/mol. The molecule has 1 unspecified atom stereocenters. The number of hydrogen-bond acceptors (Lipinski definition) is 3. The van der Waals surface area contributed by atoms with E-state index in [9.17, 15) is 9.50 Å². The number of hydrogen-bond donors (Lipinski definition) is 1. The van der Waals surface area contributed by atoms with E-state index in [1.165, 1.54) is 12.5 Å². The second kappa shape index (κ2) is 6.35. The zero-order valence-corrected chi connectivity index (χ0v) is 11.6. The zero-order valence-electron chi connectivity index (χ0n) is 11.6. The minimum atomic E-state index is -0.680. The Hall–Kier alpha value is -1.13. The highest BCUT2D eigenvalue weighted by Gasteiger charge is 2.21. The van der Waals surface area contributed by atoms with Crippen molar-refractivity contribution in [2.45, 2.75) is 38.4 Å². The maximum Gasteiger partial charge on any atom is 0.146 e. The number of aliphatic hydroxyl groups is 1. The molecule has 106 valence electrons. The van der Waals surface area contributed by atoms with Gasteiger partial charge in [-0.2, -0.15) is 0 Å². The number of ether oxygens (including phenoxy) is 1. The van der Waals surface area contributed by atoms with E-state index in [0.717, 1.165) is 19.4 Å². The van der Waals surface area contributed by atoms with Crippen LogP contribution in [0.5, 0.6) is 0 Å². The molecule has 4 heteroatoms. The van der Waals surface area contributed by atoms with E-state index in [-0.39, 0.29) is 11.9 Å². The highest BCUT2D eigenvalue weighted by molar-refractivity contribution is 5.55. The van der Waals surface area contributed by atoms with Gasteiger partial charge in [-0.1, -0.05) is 12.1 Å². The lowest BCUT2D eigenvalue weighted by Crippen LogP contribution is -2.34. The van der Waals surface area contributed by atoms with Crippen LogP contribution >= 0.6 is 0 Å². The predicted molar refractivity (Wildman–Crippen MR) is 73.9 cm³/mol. The molecule has 0 radical (unpaired) electrons. The van der Waals surface area contributed by atoms with Crippen LogP contribution in [0.15, 0.2) is 18.2 Å². The normalized spacial score (nSPS) is 21.2. The molecule has 0 saturated carbocycles. The summed E-state index contributed by atoms with van der Waals surface area (Å²) in [6.45, 7) is 3.10. The topological polar surface area (TPSA) is 32.7 Å². The fraction of sp³-hybridized carbons (Fsp3) is 0.600. The first-order valence-electron chi connectivity index (χ1n) is 6.89. The van der Waals surface area contributed by atoms with Crippen LogP contribution in [0.4, 0.5) is 10.1 Å². The number of para-hydroxylation sites is 1. The summed E-state index contributed by atoms with van der Waals surface area (Å²) in [6, 6.07) is 4.83. The lowest BCUT2D eigenvalue weighted by molar-refractivity contribution is 0.0215. The third-order valence-electron chi connectivity index (χ3n) is 3.60. The standard InChI is InChI=1S/C15H22FNO2/c1-11(18)13-7-5-8-14(16)15(13)17(2)10-12-6-3-4-9-19-12/h5,7-8,11-12,18H,3-4,6,9-10H2,1-2H3/t11-,12?/m1/s1. The minimum absolute atomic E-state index is 0.153. The summed E-state index contributed by atoms with van der Waals surface area (Å²) >= 11 is 0. The van der Waals surface area contributed by atoms with Crippen LogP contribution in [0.1, 0.15) is 37.9 Å². The lowest BCUT2D eigenvalue weighted by Gasteiger charge is -2.30. The zero-order chi connectivity index (χ0) is 13.8. The van der Waals surface area contributed by atoms with Crippen molar-refractivity contribution in [1.29, 1.82) is 0 Å². The third-order valence-corrected chi connectivity index (χ3v) is 3.60. The van der Waals surface area contributed by atoms with E-state index in [1.807, 2.05) is 11.9 Å². The number of nitrogens with zero attached hydrogens (tertiary/aromatic N) is 1. The molecule has 19 heavy (non-hydrogen) atoms. The van der Waals surface area contributed by atoms with Crippen LogP contribution in [0.2, 0.25) is 0 Å². The predicted octanol–water partition coefficient (Wildman–Crippen LogP) is 2.88. The SMILES string of the molecule is C[C@@H](O)c1cccc(F)c1N(C)CC1CCCCO1. The quantitative estimate of drug-likeness (QED) is 0.910. The molecule has 3 nitrogen and oxygen atoms in total. The summed E-state index contributed by atoms with van der Waals surface area (Å²) in [4.78, 5) is 1.85. The molecule has 1 fully saturated rings. The Morgan fingerprint density at radius 1 is 1.47 bits per heavy atom. The molecular weight excluding hydrogens is 245 g/mol. The van der Waals surface area contributed by atoms with Crippen LogP contribution in [0.3, 0.4) is 0 Å². The monoisotopic (exact) mass is 267 g/mol. The van der Waals surface area contributed by atoms with Crippen LogP contribution in [-0.4, -0.2) is 31.4 Å². The van der Waals surface area contributed by atoms with Gasteiger partial charge >= 0.3 is 0 Å². The van der Waals surface area contributed by atoms with Gasteiger partial charge in [-0.3, -0.25) is 0 Å². The van der Waals surface area contributed by atoms with Gasteiger partial charge in [-0.15, -0.1) is 0 Å². The Morgan fingerprint density at radius 3 is 2.89 bits per heavy atom. The molecule has 0 aromatic heterocycles. The molecule has 1 saturated heterocycles. The fourth-order valence-electron chi connectivity index (χ4n) is 2.62. The number of benzene rings is 1. The lowest BCUT2D eigenvalue weighted by atomic mass is 10.1. The number of halogens is 1. The Kier molecular flexibility index (Phi) is 4.77. The largest absolute Gasteiger partial charge is 0.389 e. The Morgan fingerprint density at radius 2 is 2.26 bits per heavy atom. The van der Waals surface area contributed by atoms with Crippen molar-refractivity contribution >= 4 is 5.69 Å². The first-order chi connectivity index (χ1) is 9.09. The first kappa shape index (κ1) is 14.3. The van der Waals surface area contributed by atoms with E-state index in [1.54, 1.807) is 19.1 Å². The van der Waals surface area contributed by atoms with Crippen LogP contribution in [0.25, 0.3) is 0 Å². The van der Waals surface area contributed by atoms with Gasteiger partial charge < -0.3 is 14.7 Å². The average Bonchev–Trinajstić information content (AvgIpc) is 2.39. The molecule has 1 aliphatic heterocycles. The van der Waals surface area contributed by atoms with E-state index in [4.69, 9.17) is 4.74 Å². The highest BCUT2D eigenvalue weighted by Crippen LogP contribution is 2.29. The number of anilines is 1. The maximum absolute atomic E-state index is 14.0. The van der Waals surface area contributed by atoms with Gasteiger partial charge in [0.2, 0.25) is 0 Å². The summed E-state index contributed by atoms with van der Waals surface area (Å²) < 4.78 is 19.7. The highest BCUT2D eigenvalue weighted by atomic mass is 19.1. The summed E-state index contributed by atoms with van der Waals surface area (Å²) in [6.07, 6.45) is 2.77. The first-order valence-corrected chi connectivity index (χ1v) is 6.89. The van der Waals surface area contributed by atoms with E-state index in [0.29, 0.717) is 17.8 Å². The van der Waals surface area contributed by atoms with Crippen molar-refractivity contribution in [3.8, 4) is 0 Å². The van der Waals surface area contributed by atoms with Crippen LogP contribution < -0.4 is 4.90 Å². The molecule has 1 aliphatic rings. The van der Waals surface area contributed by atoms with Gasteiger partial charge in [0.15, 0.2) is 0 Å². The molecule has 1 aromatic rings. The van der Waals surface area contributed by atoms with E-state index in [2.05, 4.69) is 0 Å². The number of likely N-dealkylation sites (N-methyl/N-ethyl adjacent to an activating group) is 1. The molecular formula is C15H22FNO2. The summed E-state index contributed by atoms with van der Waals surface area (Å²) in [5.74, 6) is -0.295. The molecule has 0 amide bonds. The van der Waals surface area contributed by atoms with Crippen LogP contribution in [0, 0.1) is 5.82 Å². The minimum Gasteiger partial charge on any atom is -0.389 e. The van der Waals surface area contributed by atoms with Gasteiger partial charge in [0.25, 0.3) is 0 Å². The number of aliphatic hydroxyl groups excluding tert-OH is 1. The van der Waals surface area contributed by atoms with E-state index < -0.39 is 6.10 Å². The van der Waals surface area contributed by atoms with Crippen molar-refractivity contribution in [3.63, 3.8) is 0 Å². The van der Waals surface area contributed by atoms with Crippen molar-refractivity contribution < 1.29 is 14.2 Å². The van der Waals surface area contributed by atoms with Crippen molar-refractivity contribution in [2.24, 2.45) is 0 Å². The second-order valence-corrected chi connectivity index (χ2v) is 5.22. The number of rotatable bonds is 4. The van der Waals surface area contributed by atoms with Crippen molar-refractivity contribution in [2.75, 3.05) is 25.1 Å². The summed E-state index contributed by atoms with van der Waals surface area (Å²) in [7, 11) is 1.85. The van der Waals surface area contributed by atoms with Gasteiger partial charge in [0.1, 0.15) is 5.82 Å². The summed E-state index contributed by atoms with van der Waals surface area (Å²) in [5, 5.41) is 9.76. The van der Waals surface area contributed by atoms with Gasteiger partial charge in [-0.05, 0) is 32.3 Å². The Balaban J connectivity index is 2.15. The van der Waals surface area contributed by atoms with Crippen molar-refractivity contribution in [3.05, 3.63) is 29.6 Å². The third kappa shape index (κ3) is 3.45. The van der Waals surface area contributed by atoms with Crippen molar-refractivity contribution in [1.82, 2.24) is 0 Å².